The van der Waals surface area contributed by atoms with E-state index < -0.39 is 0 Å². The minimum atomic E-state index is -0.0359. The predicted octanol–water partition coefficient (Wildman–Crippen LogP) is 2.83. The van der Waals surface area contributed by atoms with Crippen molar-refractivity contribution in [2.24, 2.45) is 0 Å². The van der Waals surface area contributed by atoms with Gasteiger partial charge in [-0.2, -0.15) is 0 Å². The summed E-state index contributed by atoms with van der Waals surface area (Å²) in [5.74, 6) is 0.621. The topological polar surface area (TPSA) is 65.1 Å². The van der Waals surface area contributed by atoms with E-state index >= 15 is 0 Å². The molecule has 0 bridgehead atoms. The zero-order valence-electron chi connectivity index (χ0n) is 12.3. The van der Waals surface area contributed by atoms with E-state index in [-0.39, 0.29) is 5.56 Å². The largest absolute Gasteiger partial charge is 0.309 e. The van der Waals surface area contributed by atoms with Gasteiger partial charge in [0.25, 0.3) is 5.56 Å². The van der Waals surface area contributed by atoms with Crippen molar-refractivity contribution in [3.05, 3.63) is 40.0 Å². The molecule has 0 aliphatic heterocycles. The quantitative estimate of drug-likeness (QED) is 0.491. The first-order chi connectivity index (χ1) is 10.8. The molecule has 0 atom stereocenters. The van der Waals surface area contributed by atoms with Crippen LogP contribution in [0.5, 0.6) is 0 Å². The minimum Gasteiger partial charge on any atom is -0.309 e. The average Bonchev–Trinajstić information content (AvgIpc) is 3.14. The number of aromatic nitrogens is 5. The molecule has 8 heteroatoms. The Morgan fingerprint density at radius 3 is 3.14 bits per heavy atom. The van der Waals surface area contributed by atoms with E-state index in [2.05, 4.69) is 26.7 Å². The van der Waals surface area contributed by atoms with Gasteiger partial charge in [-0.1, -0.05) is 31.5 Å². The number of thioether (sulfide) groups is 1. The first-order valence-electron chi connectivity index (χ1n) is 7.24. The van der Waals surface area contributed by atoms with Crippen LogP contribution in [-0.2, 0) is 12.3 Å². The standard InChI is InChI=1S/C14H17N5OS2/c1-2-3-4-5-18-10-15-17-14(18)22-9-11-8-12(20)19-6-7-21-13(19)16-11/h6-8,10H,2-5,9H2,1H3. The summed E-state index contributed by atoms with van der Waals surface area (Å²) in [6, 6.07) is 1.59. The molecule has 0 fully saturated rings. The molecule has 0 aliphatic rings. The summed E-state index contributed by atoms with van der Waals surface area (Å²) in [7, 11) is 0. The Balaban J connectivity index is 1.69. The van der Waals surface area contributed by atoms with Crippen molar-refractivity contribution < 1.29 is 0 Å². The second-order valence-corrected chi connectivity index (χ2v) is 6.76. The highest BCUT2D eigenvalue weighted by Gasteiger charge is 2.08. The Labute approximate surface area is 136 Å². The lowest BCUT2D eigenvalue weighted by Gasteiger charge is -2.05. The van der Waals surface area contributed by atoms with Gasteiger partial charge in [-0.3, -0.25) is 9.20 Å². The van der Waals surface area contributed by atoms with E-state index in [1.165, 1.54) is 24.2 Å². The van der Waals surface area contributed by atoms with E-state index in [0.717, 1.165) is 28.8 Å². The molecule has 3 aromatic rings. The van der Waals surface area contributed by atoms with Gasteiger partial charge in [-0.05, 0) is 6.42 Å². The third-order valence-corrected chi connectivity index (χ3v) is 5.06. The fourth-order valence-electron chi connectivity index (χ4n) is 2.14. The molecule has 0 saturated heterocycles. The summed E-state index contributed by atoms with van der Waals surface area (Å²) in [5, 5.41) is 10.9. The molecule has 6 nitrogen and oxygen atoms in total. The molecule has 0 saturated carbocycles. The molecule has 0 N–H and O–H groups in total. The third kappa shape index (κ3) is 3.38. The molecular weight excluding hydrogens is 318 g/mol. The fourth-order valence-corrected chi connectivity index (χ4v) is 3.71. The second kappa shape index (κ2) is 7.06. The molecule has 0 spiro atoms. The predicted molar refractivity (Wildman–Crippen MR) is 88.4 cm³/mol. The maximum atomic E-state index is 12.0. The number of hydrogen-bond acceptors (Lipinski definition) is 6. The third-order valence-electron chi connectivity index (χ3n) is 3.29. The number of fused-ring (bicyclic) bond motifs is 1. The molecule has 0 radical (unpaired) electrons. The van der Waals surface area contributed by atoms with Crippen molar-refractivity contribution in [1.29, 1.82) is 0 Å². The summed E-state index contributed by atoms with van der Waals surface area (Å²) < 4.78 is 3.63. The molecule has 0 aliphatic carbocycles. The van der Waals surface area contributed by atoms with E-state index in [4.69, 9.17) is 0 Å². The van der Waals surface area contributed by atoms with Crippen LogP contribution < -0.4 is 5.56 Å². The number of aryl methyl sites for hydroxylation is 1. The van der Waals surface area contributed by atoms with Gasteiger partial charge >= 0.3 is 0 Å². The highest BCUT2D eigenvalue weighted by molar-refractivity contribution is 7.98. The van der Waals surface area contributed by atoms with Crippen LogP contribution in [0.2, 0.25) is 0 Å². The first-order valence-corrected chi connectivity index (χ1v) is 9.11. The van der Waals surface area contributed by atoms with Crippen LogP contribution >= 0.6 is 23.1 Å². The highest BCUT2D eigenvalue weighted by Crippen LogP contribution is 2.20. The monoisotopic (exact) mass is 335 g/mol. The smallest absolute Gasteiger partial charge is 0.258 e. The van der Waals surface area contributed by atoms with Crippen molar-refractivity contribution in [1.82, 2.24) is 24.1 Å². The van der Waals surface area contributed by atoms with Crippen molar-refractivity contribution in [3.63, 3.8) is 0 Å². The molecule has 3 aromatic heterocycles. The van der Waals surface area contributed by atoms with Crippen LogP contribution in [0.4, 0.5) is 0 Å². The van der Waals surface area contributed by atoms with Crippen LogP contribution in [0.15, 0.2) is 33.9 Å². The minimum absolute atomic E-state index is 0.0359. The number of thiazole rings is 1. The van der Waals surface area contributed by atoms with E-state index in [9.17, 15) is 4.79 Å². The molecule has 22 heavy (non-hydrogen) atoms. The maximum Gasteiger partial charge on any atom is 0.258 e. The maximum absolute atomic E-state index is 12.0. The van der Waals surface area contributed by atoms with Gasteiger partial charge < -0.3 is 4.57 Å². The molecule has 0 unspecified atom stereocenters. The van der Waals surface area contributed by atoms with E-state index in [0.29, 0.717) is 5.75 Å². The van der Waals surface area contributed by atoms with E-state index in [1.54, 1.807) is 34.8 Å². The Morgan fingerprint density at radius 1 is 1.36 bits per heavy atom. The summed E-state index contributed by atoms with van der Waals surface area (Å²) in [5.41, 5.74) is 0.742. The van der Waals surface area contributed by atoms with Crippen LogP contribution in [0.1, 0.15) is 31.9 Å². The van der Waals surface area contributed by atoms with Crippen molar-refractivity contribution in [2.45, 2.75) is 43.6 Å². The molecule has 3 heterocycles. The summed E-state index contributed by atoms with van der Waals surface area (Å²) >= 11 is 3.03. The lowest BCUT2D eigenvalue weighted by molar-refractivity contribution is 0.566. The summed E-state index contributed by atoms with van der Waals surface area (Å²) in [6.45, 7) is 3.12. The van der Waals surface area contributed by atoms with Crippen molar-refractivity contribution in [2.75, 3.05) is 0 Å². The lowest BCUT2D eigenvalue weighted by atomic mass is 10.2. The van der Waals surface area contributed by atoms with Gasteiger partial charge in [0.1, 0.15) is 6.33 Å². The lowest BCUT2D eigenvalue weighted by Crippen LogP contribution is -2.12. The molecule has 0 amide bonds. The Morgan fingerprint density at radius 2 is 2.27 bits per heavy atom. The van der Waals surface area contributed by atoms with Crippen molar-refractivity contribution in [3.8, 4) is 0 Å². The van der Waals surface area contributed by atoms with Gasteiger partial charge in [0.2, 0.25) is 0 Å². The van der Waals surface area contributed by atoms with Crippen LogP contribution in [0.3, 0.4) is 0 Å². The Hall–Kier alpha value is -1.67. The number of hydrogen-bond donors (Lipinski definition) is 0. The summed E-state index contributed by atoms with van der Waals surface area (Å²) in [6.07, 6.45) is 7.04. The van der Waals surface area contributed by atoms with Gasteiger partial charge in [-0.15, -0.1) is 21.5 Å². The SMILES string of the molecule is CCCCCn1cnnc1SCc1cc(=O)n2ccsc2n1. The van der Waals surface area contributed by atoms with E-state index in [1.807, 2.05) is 5.38 Å². The number of unbranched alkanes of at least 4 members (excludes halogenated alkanes) is 2. The molecule has 0 aromatic carbocycles. The van der Waals surface area contributed by atoms with Gasteiger partial charge in [0.15, 0.2) is 10.1 Å². The van der Waals surface area contributed by atoms with Crippen LogP contribution in [0, 0.1) is 0 Å². The zero-order valence-corrected chi connectivity index (χ0v) is 13.9. The average molecular weight is 335 g/mol. The van der Waals surface area contributed by atoms with Crippen molar-refractivity contribution >= 4 is 28.1 Å². The second-order valence-electron chi connectivity index (χ2n) is 4.94. The van der Waals surface area contributed by atoms with Crippen LogP contribution in [0.25, 0.3) is 4.96 Å². The fraction of sp³-hybridized carbons (Fsp3) is 0.429. The number of rotatable bonds is 7. The zero-order chi connectivity index (χ0) is 15.4. The van der Waals surface area contributed by atoms with Gasteiger partial charge in [0, 0.05) is 29.9 Å². The Bertz CT molecular complexity index is 807. The van der Waals surface area contributed by atoms with Crippen LogP contribution in [-0.4, -0.2) is 24.1 Å². The van der Waals surface area contributed by atoms with Gasteiger partial charge in [0.05, 0.1) is 5.69 Å². The molecule has 116 valence electrons. The van der Waals surface area contributed by atoms with Gasteiger partial charge in [-0.25, -0.2) is 4.98 Å². The normalized spacial score (nSPS) is 11.3. The first kappa shape index (κ1) is 15.2. The summed E-state index contributed by atoms with van der Waals surface area (Å²) in [4.78, 5) is 17.2. The molecular formula is C14H17N5OS2. The Kier molecular flexibility index (Phi) is 4.89. The number of nitrogens with zero attached hydrogens (tertiary/aromatic N) is 5. The molecule has 3 rings (SSSR count). The highest BCUT2D eigenvalue weighted by atomic mass is 32.2.